The van der Waals surface area contributed by atoms with Crippen molar-refractivity contribution in [2.45, 2.75) is 0 Å². The van der Waals surface area contributed by atoms with Gasteiger partial charge in [-0.3, -0.25) is 0 Å². The lowest BCUT2D eigenvalue weighted by molar-refractivity contribution is -0.131. The number of halogens is 2. The fourth-order valence-corrected chi connectivity index (χ4v) is 1.98. The van der Waals surface area contributed by atoms with Gasteiger partial charge in [0.05, 0.1) is 19.2 Å². The molecule has 0 amide bonds. The maximum atomic E-state index is 10.4. The maximum Gasteiger partial charge on any atom is 0.328 e. The molecule has 0 fully saturated rings. The molecule has 0 spiro atoms. The first-order chi connectivity index (χ1) is 8.01. The van der Waals surface area contributed by atoms with Crippen molar-refractivity contribution < 1.29 is 19.4 Å². The van der Waals surface area contributed by atoms with E-state index in [4.69, 9.17) is 37.8 Å². The number of carboxylic acid groups (broad SMARTS) is 1. The predicted octanol–water partition coefficient (Wildman–Crippen LogP) is 3.11. The lowest BCUT2D eigenvalue weighted by atomic mass is 10.1. The highest BCUT2D eigenvalue weighted by Crippen LogP contribution is 2.42. The third kappa shape index (κ3) is 3.05. The molecule has 0 aliphatic heterocycles. The number of hydrogen-bond donors (Lipinski definition) is 1. The van der Waals surface area contributed by atoms with Crippen LogP contribution in [0.1, 0.15) is 5.56 Å². The lowest BCUT2D eigenvalue weighted by Crippen LogP contribution is -1.94. The first kappa shape index (κ1) is 13.7. The molecule has 0 radical (unpaired) electrons. The SMILES string of the molecule is COc1c(Cl)cc(/C=C/C(=O)O)c(OC)c1Cl. The molecule has 0 bridgehead atoms. The molecule has 0 saturated carbocycles. The summed E-state index contributed by atoms with van der Waals surface area (Å²) in [6.45, 7) is 0. The van der Waals surface area contributed by atoms with Crippen molar-refractivity contribution in [2.75, 3.05) is 14.2 Å². The normalized spacial score (nSPS) is 10.6. The van der Waals surface area contributed by atoms with Crippen LogP contribution in [0.25, 0.3) is 6.08 Å². The van der Waals surface area contributed by atoms with Crippen LogP contribution < -0.4 is 9.47 Å². The van der Waals surface area contributed by atoms with Crippen LogP contribution in [0.5, 0.6) is 11.5 Å². The molecule has 1 rings (SSSR count). The van der Waals surface area contributed by atoms with Crippen LogP contribution in [0.2, 0.25) is 10.0 Å². The molecule has 1 aromatic rings. The van der Waals surface area contributed by atoms with Gasteiger partial charge in [0.25, 0.3) is 0 Å². The third-order valence-corrected chi connectivity index (χ3v) is 2.60. The molecule has 0 atom stereocenters. The van der Waals surface area contributed by atoms with Crippen LogP contribution in [0.4, 0.5) is 0 Å². The second-order valence-electron chi connectivity index (χ2n) is 3.00. The zero-order valence-electron chi connectivity index (χ0n) is 9.16. The Hall–Kier alpha value is -1.39. The summed E-state index contributed by atoms with van der Waals surface area (Å²) < 4.78 is 10.1. The van der Waals surface area contributed by atoms with Gasteiger partial charge in [0.15, 0.2) is 5.75 Å². The Morgan fingerprint density at radius 2 is 1.88 bits per heavy atom. The van der Waals surface area contributed by atoms with E-state index in [9.17, 15) is 4.79 Å². The van der Waals surface area contributed by atoms with Gasteiger partial charge >= 0.3 is 5.97 Å². The van der Waals surface area contributed by atoms with Gasteiger partial charge in [-0.15, -0.1) is 0 Å². The van der Waals surface area contributed by atoms with Crippen LogP contribution in [-0.2, 0) is 4.79 Å². The van der Waals surface area contributed by atoms with Gasteiger partial charge in [0.2, 0.25) is 0 Å². The Bertz CT molecular complexity index is 469. The lowest BCUT2D eigenvalue weighted by Gasteiger charge is -2.12. The Morgan fingerprint density at radius 1 is 1.29 bits per heavy atom. The molecule has 0 heterocycles. The highest BCUT2D eigenvalue weighted by atomic mass is 35.5. The van der Waals surface area contributed by atoms with Crippen molar-refractivity contribution in [2.24, 2.45) is 0 Å². The number of rotatable bonds is 4. The first-order valence-corrected chi connectivity index (χ1v) is 5.27. The van der Waals surface area contributed by atoms with E-state index < -0.39 is 5.97 Å². The summed E-state index contributed by atoms with van der Waals surface area (Å²) in [7, 11) is 2.85. The van der Waals surface area contributed by atoms with Crippen molar-refractivity contribution >= 4 is 35.2 Å². The second kappa shape index (κ2) is 5.80. The molecular formula is C11H10Cl2O4. The maximum absolute atomic E-state index is 10.4. The number of ether oxygens (including phenoxy) is 2. The number of aliphatic carboxylic acids is 1. The van der Waals surface area contributed by atoms with Crippen LogP contribution in [0.3, 0.4) is 0 Å². The number of benzene rings is 1. The highest BCUT2D eigenvalue weighted by Gasteiger charge is 2.16. The molecule has 17 heavy (non-hydrogen) atoms. The van der Waals surface area contributed by atoms with Crippen LogP contribution in [-0.4, -0.2) is 25.3 Å². The molecule has 0 saturated heterocycles. The van der Waals surface area contributed by atoms with Crippen molar-refractivity contribution in [3.63, 3.8) is 0 Å². The second-order valence-corrected chi connectivity index (χ2v) is 3.78. The Kier molecular flexibility index (Phi) is 4.66. The van der Waals surface area contributed by atoms with Crippen LogP contribution in [0.15, 0.2) is 12.1 Å². The van der Waals surface area contributed by atoms with Gasteiger partial charge in [-0.25, -0.2) is 4.79 Å². The van der Waals surface area contributed by atoms with Gasteiger partial charge in [0.1, 0.15) is 10.8 Å². The number of methoxy groups -OCH3 is 2. The van der Waals surface area contributed by atoms with E-state index in [0.717, 1.165) is 6.08 Å². The molecule has 0 aromatic heterocycles. The van der Waals surface area contributed by atoms with Gasteiger partial charge in [0, 0.05) is 11.6 Å². The van der Waals surface area contributed by atoms with Crippen molar-refractivity contribution in [1.82, 2.24) is 0 Å². The van der Waals surface area contributed by atoms with E-state index >= 15 is 0 Å². The van der Waals surface area contributed by atoms with Crippen molar-refractivity contribution in [3.8, 4) is 11.5 Å². The van der Waals surface area contributed by atoms with E-state index in [1.807, 2.05) is 0 Å². The molecule has 92 valence electrons. The predicted molar refractivity (Wildman–Crippen MR) is 66.2 cm³/mol. The van der Waals surface area contributed by atoms with Crippen molar-refractivity contribution in [3.05, 3.63) is 27.8 Å². The van der Waals surface area contributed by atoms with Gasteiger partial charge in [-0.1, -0.05) is 23.2 Å². The minimum Gasteiger partial charge on any atom is -0.494 e. The van der Waals surface area contributed by atoms with E-state index in [-0.39, 0.29) is 15.8 Å². The monoisotopic (exact) mass is 276 g/mol. The molecular weight excluding hydrogens is 267 g/mol. The summed E-state index contributed by atoms with van der Waals surface area (Å²) in [5.41, 5.74) is 0.464. The first-order valence-electron chi connectivity index (χ1n) is 4.52. The number of carboxylic acids is 1. The summed E-state index contributed by atoms with van der Waals surface area (Å²) in [5.74, 6) is -0.474. The van der Waals surface area contributed by atoms with Crippen LogP contribution >= 0.6 is 23.2 Å². The van der Waals surface area contributed by atoms with E-state index in [1.54, 1.807) is 0 Å². The zero-order chi connectivity index (χ0) is 13.0. The Labute approximate surface area is 108 Å². The van der Waals surface area contributed by atoms with Crippen LogP contribution in [0, 0.1) is 0 Å². The zero-order valence-corrected chi connectivity index (χ0v) is 10.7. The van der Waals surface area contributed by atoms with E-state index in [1.165, 1.54) is 26.4 Å². The molecule has 0 aliphatic carbocycles. The Morgan fingerprint density at radius 3 is 2.35 bits per heavy atom. The minimum atomic E-state index is -1.07. The smallest absolute Gasteiger partial charge is 0.328 e. The fraction of sp³-hybridized carbons (Fsp3) is 0.182. The largest absolute Gasteiger partial charge is 0.494 e. The third-order valence-electron chi connectivity index (χ3n) is 1.97. The Balaban J connectivity index is 3.36. The summed E-state index contributed by atoms with van der Waals surface area (Å²) in [6, 6.07) is 1.52. The highest BCUT2D eigenvalue weighted by molar-refractivity contribution is 6.38. The fourth-order valence-electron chi connectivity index (χ4n) is 1.28. The summed E-state index contributed by atoms with van der Waals surface area (Å²) in [6.07, 6.45) is 2.31. The summed E-state index contributed by atoms with van der Waals surface area (Å²) in [5, 5.41) is 9.04. The average Bonchev–Trinajstić information content (AvgIpc) is 2.26. The topological polar surface area (TPSA) is 55.8 Å². The molecule has 1 N–H and O–H groups in total. The van der Waals surface area contributed by atoms with E-state index in [2.05, 4.69) is 0 Å². The molecule has 1 aromatic carbocycles. The van der Waals surface area contributed by atoms with E-state index in [0.29, 0.717) is 11.3 Å². The minimum absolute atomic E-state index is 0.201. The van der Waals surface area contributed by atoms with Gasteiger partial charge < -0.3 is 14.6 Å². The quantitative estimate of drug-likeness (QED) is 0.859. The number of carbonyl (C=O) groups is 1. The molecule has 0 unspecified atom stereocenters. The molecule has 6 heteroatoms. The molecule has 4 nitrogen and oxygen atoms in total. The standard InChI is InChI=1S/C11H10Cl2O4/c1-16-10-6(3-4-8(14)15)5-7(12)11(17-2)9(10)13/h3-5H,1-2H3,(H,14,15)/b4-3+. The van der Waals surface area contributed by atoms with Crippen molar-refractivity contribution in [1.29, 1.82) is 0 Å². The average molecular weight is 277 g/mol. The summed E-state index contributed by atoms with van der Waals surface area (Å²) in [4.78, 5) is 10.4. The molecule has 0 aliphatic rings. The summed E-state index contributed by atoms with van der Waals surface area (Å²) >= 11 is 12.0. The van der Waals surface area contributed by atoms with Gasteiger partial charge in [-0.2, -0.15) is 0 Å². The van der Waals surface area contributed by atoms with Gasteiger partial charge in [-0.05, 0) is 12.1 Å². The number of hydrogen-bond acceptors (Lipinski definition) is 3.